The first-order chi connectivity index (χ1) is 13.6. The van der Waals surface area contributed by atoms with E-state index in [0.29, 0.717) is 32.2 Å². The molecule has 0 radical (unpaired) electrons. The van der Waals surface area contributed by atoms with Gasteiger partial charge in [-0.15, -0.1) is 10.2 Å². The molecule has 0 saturated carbocycles. The average molecular weight is 434 g/mol. The monoisotopic (exact) mass is 433 g/mol. The number of fused-ring (bicyclic) bond motifs is 1. The lowest BCUT2D eigenvalue weighted by molar-refractivity contribution is -0.113. The number of nitrogens with one attached hydrogen (secondary N) is 1. The fourth-order valence-electron chi connectivity index (χ4n) is 2.57. The summed E-state index contributed by atoms with van der Waals surface area (Å²) >= 11 is 13.1. The summed E-state index contributed by atoms with van der Waals surface area (Å²) in [5.41, 5.74) is 2.14. The zero-order chi connectivity index (χ0) is 19.5. The molecule has 2 aromatic carbocycles. The van der Waals surface area contributed by atoms with E-state index in [-0.39, 0.29) is 18.5 Å². The van der Waals surface area contributed by atoms with Crippen LogP contribution in [0.15, 0.2) is 53.6 Å². The minimum absolute atomic E-state index is 0.183. The van der Waals surface area contributed by atoms with Crippen LogP contribution < -0.4 is 14.8 Å². The van der Waals surface area contributed by atoms with Gasteiger partial charge in [-0.05, 0) is 48.5 Å². The molecule has 2 heterocycles. The first-order valence-electron chi connectivity index (χ1n) is 8.19. The smallest absolute Gasteiger partial charge is 0.234 e. The molecule has 0 fully saturated rings. The Labute approximate surface area is 175 Å². The van der Waals surface area contributed by atoms with Gasteiger partial charge in [0, 0.05) is 21.3 Å². The van der Waals surface area contributed by atoms with Crippen molar-refractivity contribution in [3.05, 3.63) is 58.6 Å². The van der Waals surface area contributed by atoms with Gasteiger partial charge in [0.15, 0.2) is 11.5 Å². The molecule has 0 saturated heterocycles. The van der Waals surface area contributed by atoms with Gasteiger partial charge in [0.25, 0.3) is 0 Å². The molecular weight excluding hydrogens is 421 g/mol. The second-order valence-corrected chi connectivity index (χ2v) is 7.69. The highest BCUT2D eigenvalue weighted by atomic mass is 35.5. The molecule has 28 heavy (non-hydrogen) atoms. The quantitative estimate of drug-likeness (QED) is 0.576. The number of ether oxygens (including phenoxy) is 2. The summed E-state index contributed by atoms with van der Waals surface area (Å²) in [7, 11) is 0. The van der Waals surface area contributed by atoms with Gasteiger partial charge in [-0.2, -0.15) is 0 Å². The Morgan fingerprint density at radius 3 is 2.54 bits per heavy atom. The van der Waals surface area contributed by atoms with E-state index in [1.54, 1.807) is 18.2 Å². The van der Waals surface area contributed by atoms with Crippen molar-refractivity contribution in [1.82, 2.24) is 10.2 Å². The Bertz CT molecular complexity index is 1010. The first kappa shape index (κ1) is 18.9. The number of hydrogen-bond acceptors (Lipinski definition) is 6. The largest absolute Gasteiger partial charge is 0.454 e. The lowest BCUT2D eigenvalue weighted by Crippen LogP contribution is -2.14. The van der Waals surface area contributed by atoms with Crippen LogP contribution in [-0.4, -0.2) is 28.7 Å². The summed E-state index contributed by atoms with van der Waals surface area (Å²) in [5.74, 6) is 1.40. The highest BCUT2D eigenvalue weighted by Gasteiger charge is 2.14. The number of hydrogen-bond donors (Lipinski definition) is 1. The lowest BCUT2D eigenvalue weighted by atomic mass is 10.1. The lowest BCUT2D eigenvalue weighted by Gasteiger charge is -2.06. The number of aromatic nitrogens is 2. The number of anilines is 1. The maximum Gasteiger partial charge on any atom is 0.234 e. The first-order valence-corrected chi connectivity index (χ1v) is 9.93. The molecule has 0 unspecified atom stereocenters. The van der Waals surface area contributed by atoms with E-state index in [0.717, 1.165) is 11.3 Å². The van der Waals surface area contributed by atoms with Gasteiger partial charge >= 0.3 is 0 Å². The van der Waals surface area contributed by atoms with Crippen LogP contribution in [0.4, 0.5) is 5.69 Å². The molecule has 1 aliphatic heterocycles. The number of amides is 1. The fourth-order valence-corrected chi connectivity index (χ4v) is 3.71. The molecule has 1 aliphatic rings. The predicted octanol–water partition coefficient (Wildman–Crippen LogP) is 4.91. The molecule has 1 amide bonds. The number of benzene rings is 2. The summed E-state index contributed by atoms with van der Waals surface area (Å²) < 4.78 is 10.7. The highest BCUT2D eigenvalue weighted by molar-refractivity contribution is 7.99. The summed E-state index contributed by atoms with van der Waals surface area (Å²) in [6, 6.07) is 14.1. The van der Waals surface area contributed by atoms with E-state index < -0.39 is 0 Å². The molecule has 0 bridgehead atoms. The standard InChI is InChI=1S/C19H13Cl2N3O3S/c20-12-6-13(21)8-14(7-12)22-18(25)9-28-19-4-2-15(23-24-19)11-1-3-16-17(5-11)27-10-26-16/h1-8H,9-10H2,(H,22,25). The van der Waals surface area contributed by atoms with Crippen LogP contribution in [0, 0.1) is 0 Å². The number of carbonyl (C=O) groups excluding carboxylic acids is 1. The Hall–Kier alpha value is -2.48. The van der Waals surface area contributed by atoms with Crippen molar-refractivity contribution in [1.29, 1.82) is 0 Å². The molecule has 3 aromatic rings. The van der Waals surface area contributed by atoms with Crippen molar-refractivity contribution in [2.45, 2.75) is 5.03 Å². The zero-order valence-electron chi connectivity index (χ0n) is 14.3. The fraction of sp³-hybridized carbons (Fsp3) is 0.105. The van der Waals surface area contributed by atoms with Crippen LogP contribution in [0.1, 0.15) is 0 Å². The number of thioether (sulfide) groups is 1. The van der Waals surface area contributed by atoms with Crippen molar-refractivity contribution in [3.63, 3.8) is 0 Å². The van der Waals surface area contributed by atoms with Crippen molar-refractivity contribution < 1.29 is 14.3 Å². The Balaban J connectivity index is 1.36. The van der Waals surface area contributed by atoms with Crippen LogP contribution in [-0.2, 0) is 4.79 Å². The molecule has 4 rings (SSSR count). The molecule has 6 nitrogen and oxygen atoms in total. The number of halogens is 2. The molecule has 1 N–H and O–H groups in total. The third-order valence-corrected chi connectivity index (χ3v) is 5.16. The predicted molar refractivity (Wildman–Crippen MR) is 109 cm³/mol. The van der Waals surface area contributed by atoms with Gasteiger partial charge in [-0.3, -0.25) is 4.79 Å². The molecular formula is C19H13Cl2N3O3S. The number of carbonyl (C=O) groups is 1. The van der Waals surface area contributed by atoms with Crippen LogP contribution in [0.5, 0.6) is 11.5 Å². The van der Waals surface area contributed by atoms with Crippen molar-refractivity contribution in [2.24, 2.45) is 0 Å². The van der Waals surface area contributed by atoms with Crippen molar-refractivity contribution >= 4 is 46.6 Å². The minimum Gasteiger partial charge on any atom is -0.454 e. The highest BCUT2D eigenvalue weighted by Crippen LogP contribution is 2.35. The number of rotatable bonds is 5. The number of nitrogens with zero attached hydrogens (tertiary/aromatic N) is 2. The molecule has 142 valence electrons. The van der Waals surface area contributed by atoms with Gasteiger partial charge in [0.1, 0.15) is 5.03 Å². The normalized spacial score (nSPS) is 12.1. The van der Waals surface area contributed by atoms with Crippen molar-refractivity contribution in [2.75, 3.05) is 17.9 Å². The molecule has 0 atom stereocenters. The van der Waals surface area contributed by atoms with Crippen LogP contribution in [0.25, 0.3) is 11.3 Å². The summed E-state index contributed by atoms with van der Waals surface area (Å²) in [6.07, 6.45) is 0. The van der Waals surface area contributed by atoms with Gasteiger partial charge in [-0.25, -0.2) is 0 Å². The third kappa shape index (κ3) is 4.49. The molecule has 9 heteroatoms. The van der Waals surface area contributed by atoms with E-state index in [1.807, 2.05) is 30.3 Å². The summed E-state index contributed by atoms with van der Waals surface area (Å²) in [6.45, 7) is 0.226. The van der Waals surface area contributed by atoms with Crippen molar-refractivity contribution in [3.8, 4) is 22.8 Å². The SMILES string of the molecule is O=C(CSc1ccc(-c2ccc3c(c2)OCO3)nn1)Nc1cc(Cl)cc(Cl)c1. The van der Waals surface area contributed by atoms with E-state index in [2.05, 4.69) is 15.5 Å². The van der Waals surface area contributed by atoms with Crippen LogP contribution >= 0.6 is 35.0 Å². The topological polar surface area (TPSA) is 73.3 Å². The molecule has 0 spiro atoms. The Morgan fingerprint density at radius 2 is 1.79 bits per heavy atom. The van der Waals surface area contributed by atoms with Gasteiger partial charge < -0.3 is 14.8 Å². The summed E-state index contributed by atoms with van der Waals surface area (Å²) in [4.78, 5) is 12.1. The molecule has 0 aliphatic carbocycles. The Kier molecular flexibility index (Phi) is 5.57. The maximum atomic E-state index is 12.1. The van der Waals surface area contributed by atoms with Gasteiger partial charge in [0.2, 0.25) is 12.7 Å². The second-order valence-electron chi connectivity index (χ2n) is 5.82. The average Bonchev–Trinajstić information content (AvgIpc) is 3.14. The van der Waals surface area contributed by atoms with Crippen LogP contribution in [0.3, 0.4) is 0 Å². The molecule has 1 aromatic heterocycles. The summed E-state index contributed by atoms with van der Waals surface area (Å²) in [5, 5.41) is 12.7. The third-order valence-electron chi connectivity index (χ3n) is 3.81. The van der Waals surface area contributed by atoms with E-state index >= 15 is 0 Å². The maximum absolute atomic E-state index is 12.1. The van der Waals surface area contributed by atoms with E-state index in [1.165, 1.54) is 11.8 Å². The van der Waals surface area contributed by atoms with E-state index in [9.17, 15) is 4.79 Å². The second kappa shape index (κ2) is 8.26. The van der Waals surface area contributed by atoms with Gasteiger partial charge in [0.05, 0.1) is 11.4 Å². The zero-order valence-corrected chi connectivity index (χ0v) is 16.6. The van der Waals surface area contributed by atoms with Gasteiger partial charge in [-0.1, -0.05) is 35.0 Å². The Morgan fingerprint density at radius 1 is 1.00 bits per heavy atom. The van der Waals surface area contributed by atoms with E-state index in [4.69, 9.17) is 32.7 Å². The van der Waals surface area contributed by atoms with Crippen LogP contribution in [0.2, 0.25) is 10.0 Å². The minimum atomic E-state index is -0.190.